The summed E-state index contributed by atoms with van der Waals surface area (Å²) in [5.74, 6) is -0.170. The summed E-state index contributed by atoms with van der Waals surface area (Å²) in [7, 11) is 0. The molecule has 1 unspecified atom stereocenters. The molecule has 5 nitrogen and oxygen atoms in total. The van der Waals surface area contributed by atoms with Crippen molar-refractivity contribution in [1.82, 2.24) is 5.32 Å². The summed E-state index contributed by atoms with van der Waals surface area (Å²) in [5, 5.41) is 14.0. The van der Waals surface area contributed by atoms with E-state index in [0.29, 0.717) is 25.3 Å². The van der Waals surface area contributed by atoms with Gasteiger partial charge in [-0.15, -0.1) is 0 Å². The molecular formula is C14H21FN2O3. The monoisotopic (exact) mass is 284 g/mol. The number of benzene rings is 1. The van der Waals surface area contributed by atoms with Crippen molar-refractivity contribution in [3.05, 3.63) is 24.0 Å². The summed E-state index contributed by atoms with van der Waals surface area (Å²) in [6.07, 6.45) is 0.623. The van der Waals surface area contributed by atoms with Gasteiger partial charge in [0.1, 0.15) is 0 Å². The number of hydrogen-bond donors (Lipinski definition) is 3. The van der Waals surface area contributed by atoms with Gasteiger partial charge in [-0.3, -0.25) is 0 Å². The minimum Gasteiger partial charge on any atom is -0.491 e. The number of aliphatic hydroxyl groups excluding tert-OH is 1. The zero-order chi connectivity index (χ0) is 15.0. The third-order valence-corrected chi connectivity index (χ3v) is 2.72. The number of carbonyl (C=O) groups excluding carboxylic acids is 1. The normalized spacial score (nSPS) is 11.8. The van der Waals surface area contributed by atoms with E-state index in [4.69, 9.17) is 9.84 Å². The number of urea groups is 1. The van der Waals surface area contributed by atoms with E-state index in [1.165, 1.54) is 12.1 Å². The molecule has 0 aliphatic rings. The first-order valence-corrected chi connectivity index (χ1v) is 6.64. The third-order valence-electron chi connectivity index (χ3n) is 2.72. The molecule has 20 heavy (non-hydrogen) atoms. The molecule has 112 valence electrons. The van der Waals surface area contributed by atoms with Crippen LogP contribution in [0.5, 0.6) is 5.75 Å². The molecule has 0 saturated carbocycles. The molecule has 0 bridgehead atoms. The highest BCUT2D eigenvalue weighted by Gasteiger charge is 2.08. The fourth-order valence-electron chi connectivity index (χ4n) is 1.62. The number of amides is 2. The highest BCUT2D eigenvalue weighted by atomic mass is 19.1. The Balaban J connectivity index is 2.47. The van der Waals surface area contributed by atoms with Gasteiger partial charge in [-0.1, -0.05) is 6.92 Å². The first-order chi connectivity index (χ1) is 9.56. The first kappa shape index (κ1) is 16.2. The van der Waals surface area contributed by atoms with Crippen molar-refractivity contribution < 1.29 is 19.0 Å². The molecule has 2 amide bonds. The Kier molecular flexibility index (Phi) is 6.79. The van der Waals surface area contributed by atoms with E-state index in [1.54, 1.807) is 13.0 Å². The van der Waals surface area contributed by atoms with Crippen molar-refractivity contribution in [3.63, 3.8) is 0 Å². The lowest BCUT2D eigenvalue weighted by Gasteiger charge is -2.12. The van der Waals surface area contributed by atoms with Crippen LogP contribution in [-0.4, -0.2) is 30.9 Å². The van der Waals surface area contributed by atoms with Crippen LogP contribution in [0.2, 0.25) is 0 Å². The van der Waals surface area contributed by atoms with E-state index in [1.807, 2.05) is 6.92 Å². The van der Waals surface area contributed by atoms with Gasteiger partial charge in [-0.25, -0.2) is 9.18 Å². The van der Waals surface area contributed by atoms with Crippen LogP contribution in [-0.2, 0) is 0 Å². The summed E-state index contributed by atoms with van der Waals surface area (Å²) in [4.78, 5) is 11.6. The maximum absolute atomic E-state index is 13.6. The van der Waals surface area contributed by atoms with Crippen molar-refractivity contribution in [2.45, 2.75) is 20.3 Å². The van der Waals surface area contributed by atoms with Crippen LogP contribution in [0.3, 0.4) is 0 Å². The maximum atomic E-state index is 13.6. The largest absolute Gasteiger partial charge is 0.491 e. The lowest BCUT2D eigenvalue weighted by Crippen LogP contribution is -2.32. The van der Waals surface area contributed by atoms with E-state index < -0.39 is 11.8 Å². The molecule has 0 aliphatic heterocycles. The maximum Gasteiger partial charge on any atom is 0.319 e. The first-order valence-electron chi connectivity index (χ1n) is 6.64. The quantitative estimate of drug-likeness (QED) is 0.720. The average molecular weight is 284 g/mol. The van der Waals surface area contributed by atoms with Crippen LogP contribution < -0.4 is 15.4 Å². The van der Waals surface area contributed by atoms with Gasteiger partial charge in [-0.2, -0.15) is 0 Å². The van der Waals surface area contributed by atoms with E-state index in [2.05, 4.69) is 10.6 Å². The number of nitrogens with one attached hydrogen (secondary N) is 2. The number of carbonyl (C=O) groups is 1. The van der Waals surface area contributed by atoms with Crippen molar-refractivity contribution in [3.8, 4) is 5.75 Å². The number of aliphatic hydroxyl groups is 1. The second kappa shape index (κ2) is 8.37. The molecule has 0 radical (unpaired) electrons. The SMILES string of the molecule is CCOc1ccc(NC(=O)NCC(C)CCO)cc1F. The topological polar surface area (TPSA) is 70.6 Å². The number of hydrogen-bond acceptors (Lipinski definition) is 3. The van der Waals surface area contributed by atoms with Crippen molar-refractivity contribution in [2.75, 3.05) is 25.1 Å². The molecule has 0 aliphatic carbocycles. The van der Waals surface area contributed by atoms with Crippen LogP contribution in [0.15, 0.2) is 18.2 Å². The Morgan fingerprint density at radius 3 is 2.85 bits per heavy atom. The number of ether oxygens (including phenoxy) is 1. The lowest BCUT2D eigenvalue weighted by molar-refractivity contribution is 0.243. The van der Waals surface area contributed by atoms with E-state index >= 15 is 0 Å². The summed E-state index contributed by atoms with van der Waals surface area (Å²) in [6, 6.07) is 3.85. The Bertz CT molecular complexity index is 440. The van der Waals surface area contributed by atoms with Gasteiger partial charge in [-0.05, 0) is 31.4 Å². The molecule has 6 heteroatoms. The molecule has 1 atom stereocenters. The predicted octanol–water partition coefficient (Wildman–Crippen LogP) is 2.36. The molecule has 1 rings (SSSR count). The summed E-state index contributed by atoms with van der Waals surface area (Å²) >= 11 is 0. The Hall–Kier alpha value is -1.82. The predicted molar refractivity (Wildman–Crippen MR) is 75.5 cm³/mol. The average Bonchev–Trinajstić information content (AvgIpc) is 2.40. The highest BCUT2D eigenvalue weighted by Crippen LogP contribution is 2.20. The van der Waals surface area contributed by atoms with Gasteiger partial charge >= 0.3 is 6.03 Å². The van der Waals surface area contributed by atoms with Gasteiger partial charge in [0.15, 0.2) is 11.6 Å². The van der Waals surface area contributed by atoms with Crippen molar-refractivity contribution in [1.29, 1.82) is 0 Å². The van der Waals surface area contributed by atoms with Crippen LogP contribution in [0.4, 0.5) is 14.9 Å². The molecule has 0 fully saturated rings. The molecule has 1 aromatic rings. The molecule has 1 aromatic carbocycles. The molecule has 0 spiro atoms. The zero-order valence-electron chi connectivity index (χ0n) is 11.8. The van der Waals surface area contributed by atoms with E-state index in [-0.39, 0.29) is 18.3 Å². The summed E-state index contributed by atoms with van der Waals surface area (Å²) < 4.78 is 18.7. The second-order valence-corrected chi connectivity index (χ2v) is 4.53. The molecular weight excluding hydrogens is 263 g/mol. The second-order valence-electron chi connectivity index (χ2n) is 4.53. The van der Waals surface area contributed by atoms with Crippen molar-refractivity contribution in [2.24, 2.45) is 5.92 Å². The third kappa shape index (κ3) is 5.44. The molecule has 0 aromatic heterocycles. The van der Waals surface area contributed by atoms with Crippen LogP contribution in [0.1, 0.15) is 20.3 Å². The zero-order valence-corrected chi connectivity index (χ0v) is 11.8. The van der Waals surface area contributed by atoms with Crippen molar-refractivity contribution >= 4 is 11.7 Å². The fraction of sp³-hybridized carbons (Fsp3) is 0.500. The molecule has 0 heterocycles. The smallest absolute Gasteiger partial charge is 0.319 e. The van der Waals surface area contributed by atoms with Crippen LogP contribution >= 0.6 is 0 Å². The number of anilines is 1. The van der Waals surface area contributed by atoms with Crippen LogP contribution in [0.25, 0.3) is 0 Å². The summed E-state index contributed by atoms with van der Waals surface area (Å²) in [6.45, 7) is 4.62. The lowest BCUT2D eigenvalue weighted by atomic mass is 10.1. The van der Waals surface area contributed by atoms with Gasteiger partial charge in [0.2, 0.25) is 0 Å². The standard InChI is InChI=1S/C14H21FN2O3/c1-3-20-13-5-4-11(8-12(13)15)17-14(19)16-9-10(2)6-7-18/h4-5,8,10,18H,3,6-7,9H2,1-2H3,(H2,16,17,19). The highest BCUT2D eigenvalue weighted by molar-refractivity contribution is 5.89. The number of rotatable bonds is 7. The van der Waals surface area contributed by atoms with E-state index in [9.17, 15) is 9.18 Å². The number of halogens is 1. The van der Waals surface area contributed by atoms with Crippen LogP contribution in [0, 0.1) is 11.7 Å². The Morgan fingerprint density at radius 2 is 2.25 bits per heavy atom. The van der Waals surface area contributed by atoms with Gasteiger partial charge < -0.3 is 20.5 Å². The molecule has 3 N–H and O–H groups in total. The summed E-state index contributed by atoms with van der Waals surface area (Å²) in [5.41, 5.74) is 0.360. The molecule has 0 saturated heterocycles. The Morgan fingerprint density at radius 1 is 1.50 bits per heavy atom. The van der Waals surface area contributed by atoms with Gasteiger partial charge in [0.25, 0.3) is 0 Å². The van der Waals surface area contributed by atoms with E-state index in [0.717, 1.165) is 0 Å². The fourth-order valence-corrected chi connectivity index (χ4v) is 1.62. The van der Waals surface area contributed by atoms with Gasteiger partial charge in [0.05, 0.1) is 6.61 Å². The minimum absolute atomic E-state index is 0.0918. The van der Waals surface area contributed by atoms with Gasteiger partial charge in [0, 0.05) is 24.9 Å². The minimum atomic E-state index is -0.515. The Labute approximate surface area is 118 Å².